The Labute approximate surface area is 118 Å². The standard InChI is InChI=1S/C18H14N2/c19-11-17-15-7-3-1-5-13(15)9-10-14-6-2-4-8-16(14)18(17)12-20/h1-8,17-18H,9-10H2. The highest BCUT2D eigenvalue weighted by molar-refractivity contribution is 5.46. The minimum absolute atomic E-state index is 0.391. The number of hydrogen-bond acceptors (Lipinski definition) is 2. The molecule has 1 aliphatic rings. The van der Waals surface area contributed by atoms with Gasteiger partial charge in [-0.1, -0.05) is 48.5 Å². The molecule has 0 fully saturated rings. The third-order valence-corrected chi connectivity index (χ3v) is 4.06. The van der Waals surface area contributed by atoms with Crippen molar-refractivity contribution in [3.05, 3.63) is 70.8 Å². The lowest BCUT2D eigenvalue weighted by Crippen LogP contribution is -2.15. The summed E-state index contributed by atoms with van der Waals surface area (Å²) in [7, 11) is 0. The summed E-state index contributed by atoms with van der Waals surface area (Å²) in [5.74, 6) is -0.782. The van der Waals surface area contributed by atoms with Crippen molar-refractivity contribution in [1.82, 2.24) is 0 Å². The molecule has 0 spiro atoms. The van der Waals surface area contributed by atoms with Crippen molar-refractivity contribution < 1.29 is 0 Å². The lowest BCUT2D eigenvalue weighted by atomic mass is 9.76. The van der Waals surface area contributed by atoms with Gasteiger partial charge < -0.3 is 0 Å². The molecule has 2 atom stereocenters. The van der Waals surface area contributed by atoms with Crippen molar-refractivity contribution in [1.29, 1.82) is 10.5 Å². The molecule has 0 saturated heterocycles. The molecule has 20 heavy (non-hydrogen) atoms. The minimum Gasteiger partial charge on any atom is -0.198 e. The van der Waals surface area contributed by atoms with Crippen LogP contribution in [0.1, 0.15) is 34.1 Å². The van der Waals surface area contributed by atoms with Gasteiger partial charge in [-0.25, -0.2) is 0 Å². The molecule has 0 aromatic heterocycles. The third kappa shape index (κ3) is 1.96. The average molecular weight is 258 g/mol. The van der Waals surface area contributed by atoms with E-state index in [1.54, 1.807) is 0 Å². The molecule has 2 unspecified atom stereocenters. The van der Waals surface area contributed by atoms with Gasteiger partial charge in [0.25, 0.3) is 0 Å². The molecule has 96 valence electrons. The Balaban J connectivity index is 2.21. The fourth-order valence-corrected chi connectivity index (χ4v) is 3.05. The number of aryl methyl sites for hydroxylation is 2. The highest BCUT2D eigenvalue weighted by atomic mass is 14.4. The Morgan fingerprint density at radius 3 is 1.50 bits per heavy atom. The predicted octanol–water partition coefficient (Wildman–Crippen LogP) is 3.70. The van der Waals surface area contributed by atoms with Gasteiger partial charge >= 0.3 is 0 Å². The highest BCUT2D eigenvalue weighted by Gasteiger charge is 2.29. The van der Waals surface area contributed by atoms with E-state index in [-0.39, 0.29) is 0 Å². The van der Waals surface area contributed by atoms with Gasteiger partial charge in [-0.2, -0.15) is 10.5 Å². The van der Waals surface area contributed by atoms with Crippen LogP contribution in [0.2, 0.25) is 0 Å². The lowest BCUT2D eigenvalue weighted by molar-refractivity contribution is 0.717. The van der Waals surface area contributed by atoms with Crippen molar-refractivity contribution in [2.24, 2.45) is 0 Å². The average Bonchev–Trinajstić information content (AvgIpc) is 2.49. The van der Waals surface area contributed by atoms with Crippen molar-refractivity contribution in [3.8, 4) is 12.1 Å². The van der Waals surface area contributed by atoms with E-state index >= 15 is 0 Å². The van der Waals surface area contributed by atoms with Crippen LogP contribution in [0.5, 0.6) is 0 Å². The van der Waals surface area contributed by atoms with Gasteiger partial charge in [0, 0.05) is 0 Å². The van der Waals surface area contributed by atoms with E-state index in [2.05, 4.69) is 24.3 Å². The molecule has 0 aliphatic heterocycles. The molecule has 2 aromatic carbocycles. The molecule has 2 heteroatoms. The summed E-state index contributed by atoms with van der Waals surface area (Å²) < 4.78 is 0. The van der Waals surface area contributed by atoms with Crippen LogP contribution in [0.15, 0.2) is 48.5 Å². The van der Waals surface area contributed by atoms with Crippen molar-refractivity contribution >= 4 is 0 Å². The number of benzene rings is 2. The topological polar surface area (TPSA) is 47.6 Å². The maximum Gasteiger partial charge on any atom is 0.0914 e. The monoisotopic (exact) mass is 258 g/mol. The second-order valence-corrected chi connectivity index (χ2v) is 5.11. The van der Waals surface area contributed by atoms with Gasteiger partial charge in [0.1, 0.15) is 0 Å². The summed E-state index contributed by atoms with van der Waals surface area (Å²) in [6, 6.07) is 20.7. The molecule has 0 bridgehead atoms. The fourth-order valence-electron chi connectivity index (χ4n) is 3.05. The van der Waals surface area contributed by atoms with Gasteiger partial charge in [-0.3, -0.25) is 0 Å². The second-order valence-electron chi connectivity index (χ2n) is 5.11. The van der Waals surface area contributed by atoms with Crippen LogP contribution in [-0.2, 0) is 12.8 Å². The zero-order chi connectivity index (χ0) is 13.9. The van der Waals surface area contributed by atoms with Gasteiger partial charge in [-0.15, -0.1) is 0 Å². The molecular formula is C18H14N2. The van der Waals surface area contributed by atoms with Gasteiger partial charge in [0.2, 0.25) is 0 Å². The van der Waals surface area contributed by atoms with Crippen LogP contribution in [-0.4, -0.2) is 0 Å². The van der Waals surface area contributed by atoms with E-state index in [9.17, 15) is 10.5 Å². The lowest BCUT2D eigenvalue weighted by Gasteiger charge is -2.24. The Hall–Kier alpha value is -2.58. The SMILES string of the molecule is N#CC1c2ccccc2CCc2ccccc2C1C#N. The van der Waals surface area contributed by atoms with Gasteiger partial charge in [0.15, 0.2) is 0 Å². The quantitative estimate of drug-likeness (QED) is 0.723. The van der Waals surface area contributed by atoms with Gasteiger partial charge in [-0.05, 0) is 35.1 Å². The minimum atomic E-state index is -0.391. The molecule has 1 aliphatic carbocycles. The van der Waals surface area contributed by atoms with E-state index in [1.165, 1.54) is 11.1 Å². The summed E-state index contributed by atoms with van der Waals surface area (Å²) >= 11 is 0. The number of hydrogen-bond donors (Lipinski definition) is 0. The summed E-state index contributed by atoms with van der Waals surface area (Å²) in [5.41, 5.74) is 4.40. The van der Waals surface area contributed by atoms with Crippen molar-refractivity contribution in [2.45, 2.75) is 24.7 Å². The summed E-state index contributed by atoms with van der Waals surface area (Å²) in [6.45, 7) is 0. The Bertz CT molecular complexity index is 655. The summed E-state index contributed by atoms with van der Waals surface area (Å²) in [5, 5.41) is 19.2. The first-order chi connectivity index (χ1) is 9.85. The van der Waals surface area contributed by atoms with Crippen LogP contribution in [0.4, 0.5) is 0 Å². The second kappa shape index (κ2) is 5.19. The molecular weight excluding hydrogens is 244 g/mol. The van der Waals surface area contributed by atoms with E-state index in [1.807, 2.05) is 36.4 Å². The van der Waals surface area contributed by atoms with Crippen LogP contribution in [0.3, 0.4) is 0 Å². The molecule has 2 nitrogen and oxygen atoms in total. The normalized spacial score (nSPS) is 20.5. The highest BCUT2D eigenvalue weighted by Crippen LogP contribution is 2.38. The number of nitriles is 2. The van der Waals surface area contributed by atoms with Gasteiger partial charge in [0.05, 0.1) is 24.0 Å². The third-order valence-electron chi connectivity index (χ3n) is 4.06. The Kier molecular flexibility index (Phi) is 3.23. The van der Waals surface area contributed by atoms with Crippen LogP contribution in [0.25, 0.3) is 0 Å². The Morgan fingerprint density at radius 1 is 0.700 bits per heavy atom. The van der Waals surface area contributed by atoms with E-state index in [4.69, 9.17) is 0 Å². The van der Waals surface area contributed by atoms with Crippen molar-refractivity contribution in [2.75, 3.05) is 0 Å². The molecule has 0 saturated carbocycles. The van der Waals surface area contributed by atoms with Crippen molar-refractivity contribution in [3.63, 3.8) is 0 Å². The number of fused-ring (bicyclic) bond motifs is 2. The molecule has 0 amide bonds. The number of rotatable bonds is 0. The fraction of sp³-hybridized carbons (Fsp3) is 0.222. The predicted molar refractivity (Wildman–Crippen MR) is 77.0 cm³/mol. The summed E-state index contributed by atoms with van der Waals surface area (Å²) in [6.07, 6.45) is 1.84. The molecule has 0 N–H and O–H groups in total. The molecule has 0 heterocycles. The van der Waals surface area contributed by atoms with E-state index < -0.39 is 11.8 Å². The zero-order valence-electron chi connectivity index (χ0n) is 11.1. The van der Waals surface area contributed by atoms with Crippen LogP contribution >= 0.6 is 0 Å². The van der Waals surface area contributed by atoms with E-state index in [0.717, 1.165) is 24.0 Å². The number of nitrogens with zero attached hydrogens (tertiary/aromatic N) is 2. The smallest absolute Gasteiger partial charge is 0.0914 e. The first kappa shape index (κ1) is 12.5. The molecule has 3 rings (SSSR count). The first-order valence-corrected chi connectivity index (χ1v) is 6.80. The molecule has 2 aromatic rings. The maximum absolute atomic E-state index is 9.58. The van der Waals surface area contributed by atoms with Crippen LogP contribution in [0, 0.1) is 22.7 Å². The van der Waals surface area contributed by atoms with Crippen LogP contribution < -0.4 is 0 Å². The molecule has 0 radical (unpaired) electrons. The Morgan fingerprint density at radius 2 is 1.10 bits per heavy atom. The summed E-state index contributed by atoms with van der Waals surface area (Å²) in [4.78, 5) is 0. The first-order valence-electron chi connectivity index (χ1n) is 6.80. The largest absolute Gasteiger partial charge is 0.198 e. The zero-order valence-corrected chi connectivity index (χ0v) is 11.1. The maximum atomic E-state index is 9.58. The van der Waals surface area contributed by atoms with E-state index in [0.29, 0.717) is 0 Å².